The summed E-state index contributed by atoms with van der Waals surface area (Å²) in [6, 6.07) is 11.4. The molecule has 3 heterocycles. The van der Waals surface area contributed by atoms with Gasteiger partial charge in [-0.1, -0.05) is 33.6 Å². The quantitative estimate of drug-likeness (QED) is 0.490. The lowest BCUT2D eigenvalue weighted by Gasteiger charge is -2.22. The van der Waals surface area contributed by atoms with Crippen LogP contribution in [0.3, 0.4) is 0 Å². The summed E-state index contributed by atoms with van der Waals surface area (Å²) >= 11 is 10.7. The van der Waals surface area contributed by atoms with Gasteiger partial charge in [-0.3, -0.25) is 15.0 Å². The van der Waals surface area contributed by atoms with Crippen molar-refractivity contribution in [2.45, 2.75) is 25.4 Å². The van der Waals surface area contributed by atoms with Crippen molar-refractivity contribution in [1.29, 1.82) is 0 Å². The number of carbonyl (C=O) groups is 1. The molecule has 0 spiro atoms. The minimum Gasteiger partial charge on any atom is -0.298 e. The van der Waals surface area contributed by atoms with Gasteiger partial charge in [-0.05, 0) is 55.3 Å². The van der Waals surface area contributed by atoms with E-state index in [4.69, 9.17) is 11.6 Å². The van der Waals surface area contributed by atoms with E-state index < -0.39 is 0 Å². The molecule has 1 aromatic carbocycles. The molecule has 4 rings (SSSR count). The van der Waals surface area contributed by atoms with Crippen LogP contribution in [-0.4, -0.2) is 27.3 Å². The largest absolute Gasteiger partial charge is 0.298 e. The molecule has 0 bridgehead atoms. The molecule has 1 saturated heterocycles. The van der Waals surface area contributed by atoms with Gasteiger partial charge < -0.3 is 0 Å². The molecule has 0 saturated carbocycles. The van der Waals surface area contributed by atoms with Crippen molar-refractivity contribution in [3.8, 4) is 0 Å². The van der Waals surface area contributed by atoms with Crippen LogP contribution in [0.5, 0.6) is 0 Å². The molecule has 1 atom stereocenters. The van der Waals surface area contributed by atoms with Gasteiger partial charge in [-0.15, -0.1) is 11.3 Å². The Kier molecular flexibility index (Phi) is 6.06. The van der Waals surface area contributed by atoms with Crippen LogP contribution in [0, 0.1) is 0 Å². The van der Waals surface area contributed by atoms with Crippen molar-refractivity contribution < 1.29 is 4.79 Å². The first-order valence-electron chi connectivity index (χ1n) is 8.95. The standard InChI is InChI=1S/C20H18BrClN4OS/c21-15-6-4-14(5-7-15)19(27)25-20-24-16(12-28-20)17-2-1-9-26(17)11-13-3-8-18(22)23-10-13/h3-8,10,12,17H,1-2,9,11H2,(H,24,25,27)/t17-/m0/s1. The van der Waals surface area contributed by atoms with Gasteiger partial charge in [0.25, 0.3) is 5.91 Å². The smallest absolute Gasteiger partial charge is 0.257 e. The highest BCUT2D eigenvalue weighted by atomic mass is 79.9. The fourth-order valence-corrected chi connectivity index (χ4v) is 4.48. The molecule has 28 heavy (non-hydrogen) atoms. The van der Waals surface area contributed by atoms with Crippen LogP contribution in [0.15, 0.2) is 52.4 Å². The first kappa shape index (κ1) is 19.5. The number of amides is 1. The van der Waals surface area contributed by atoms with Gasteiger partial charge >= 0.3 is 0 Å². The highest BCUT2D eigenvalue weighted by Gasteiger charge is 2.28. The van der Waals surface area contributed by atoms with Gasteiger partial charge in [-0.2, -0.15) is 0 Å². The second-order valence-electron chi connectivity index (χ2n) is 6.66. The fraction of sp³-hybridized carbons (Fsp3) is 0.250. The first-order valence-corrected chi connectivity index (χ1v) is 11.0. The van der Waals surface area contributed by atoms with Crippen LogP contribution in [0.2, 0.25) is 5.15 Å². The molecule has 1 amide bonds. The molecule has 1 fully saturated rings. The van der Waals surface area contributed by atoms with Gasteiger partial charge in [0.1, 0.15) is 5.15 Å². The summed E-state index contributed by atoms with van der Waals surface area (Å²) in [6.07, 6.45) is 4.01. The highest BCUT2D eigenvalue weighted by molar-refractivity contribution is 9.10. The zero-order valence-electron chi connectivity index (χ0n) is 14.9. The van der Waals surface area contributed by atoms with Crippen LogP contribution in [0.4, 0.5) is 5.13 Å². The monoisotopic (exact) mass is 476 g/mol. The van der Waals surface area contributed by atoms with Gasteiger partial charge in [0.2, 0.25) is 0 Å². The number of nitrogens with one attached hydrogen (secondary N) is 1. The van der Waals surface area contributed by atoms with Crippen LogP contribution in [0.25, 0.3) is 0 Å². The average Bonchev–Trinajstić information content (AvgIpc) is 3.33. The van der Waals surface area contributed by atoms with Gasteiger partial charge in [0, 0.05) is 28.2 Å². The molecule has 0 unspecified atom stereocenters. The van der Waals surface area contributed by atoms with E-state index in [0.717, 1.165) is 41.7 Å². The predicted octanol–water partition coefficient (Wildman–Crippen LogP) is 5.54. The maximum Gasteiger partial charge on any atom is 0.257 e. The van der Waals surface area contributed by atoms with Crippen molar-refractivity contribution in [2.24, 2.45) is 0 Å². The van der Waals surface area contributed by atoms with E-state index in [1.54, 1.807) is 12.1 Å². The van der Waals surface area contributed by atoms with Crippen LogP contribution < -0.4 is 5.32 Å². The Morgan fingerprint density at radius 1 is 1.29 bits per heavy atom. The summed E-state index contributed by atoms with van der Waals surface area (Å²) in [4.78, 5) is 23.6. The number of likely N-dealkylation sites (tertiary alicyclic amines) is 1. The number of halogens is 2. The number of hydrogen-bond acceptors (Lipinski definition) is 5. The lowest BCUT2D eigenvalue weighted by atomic mass is 10.1. The Bertz CT molecular complexity index is 961. The summed E-state index contributed by atoms with van der Waals surface area (Å²) in [5.41, 5.74) is 2.75. The third-order valence-electron chi connectivity index (χ3n) is 4.73. The number of nitrogens with zero attached hydrogens (tertiary/aromatic N) is 3. The molecule has 144 valence electrons. The predicted molar refractivity (Wildman–Crippen MR) is 116 cm³/mol. The van der Waals surface area contributed by atoms with E-state index >= 15 is 0 Å². The molecule has 3 aromatic rings. The van der Waals surface area contributed by atoms with E-state index in [9.17, 15) is 4.79 Å². The minimum absolute atomic E-state index is 0.149. The molecule has 0 radical (unpaired) electrons. The Hall–Kier alpha value is -1.80. The summed E-state index contributed by atoms with van der Waals surface area (Å²) in [5.74, 6) is -0.149. The molecule has 8 heteroatoms. The van der Waals surface area contributed by atoms with Crippen molar-refractivity contribution in [3.05, 3.63) is 74.4 Å². The Morgan fingerprint density at radius 3 is 2.86 bits per heavy atom. The topological polar surface area (TPSA) is 58.1 Å². The average molecular weight is 478 g/mol. The van der Waals surface area contributed by atoms with Crippen molar-refractivity contribution >= 4 is 49.9 Å². The zero-order valence-corrected chi connectivity index (χ0v) is 18.1. The normalized spacial score (nSPS) is 17.0. The third kappa shape index (κ3) is 4.60. The van der Waals surface area contributed by atoms with Crippen molar-refractivity contribution in [3.63, 3.8) is 0 Å². The van der Waals surface area contributed by atoms with Crippen molar-refractivity contribution in [2.75, 3.05) is 11.9 Å². The third-order valence-corrected chi connectivity index (χ3v) is 6.26. The number of carbonyl (C=O) groups excluding carboxylic acids is 1. The molecular weight excluding hydrogens is 460 g/mol. The van der Waals surface area contributed by atoms with Crippen LogP contribution in [0.1, 0.15) is 40.5 Å². The van der Waals surface area contributed by atoms with E-state index in [0.29, 0.717) is 15.8 Å². The second kappa shape index (κ2) is 8.69. The Balaban J connectivity index is 1.43. The second-order valence-corrected chi connectivity index (χ2v) is 8.82. The lowest BCUT2D eigenvalue weighted by molar-refractivity contribution is 0.102. The van der Waals surface area contributed by atoms with E-state index in [2.05, 4.69) is 36.1 Å². The fourth-order valence-electron chi connectivity index (χ4n) is 3.35. The number of aromatic nitrogens is 2. The van der Waals surface area contributed by atoms with Gasteiger partial charge in [-0.25, -0.2) is 9.97 Å². The number of anilines is 1. The number of hydrogen-bond donors (Lipinski definition) is 1. The molecular formula is C20H18BrClN4OS. The van der Waals surface area contributed by atoms with Crippen LogP contribution in [-0.2, 0) is 6.54 Å². The molecule has 5 nitrogen and oxygen atoms in total. The maximum absolute atomic E-state index is 12.4. The molecule has 1 N–H and O–H groups in total. The summed E-state index contributed by atoms with van der Waals surface area (Å²) in [6.45, 7) is 1.83. The van der Waals surface area contributed by atoms with Crippen molar-refractivity contribution in [1.82, 2.24) is 14.9 Å². The zero-order chi connectivity index (χ0) is 19.5. The maximum atomic E-state index is 12.4. The van der Waals surface area contributed by atoms with Gasteiger partial charge in [0.15, 0.2) is 5.13 Å². The van der Waals surface area contributed by atoms with E-state index in [-0.39, 0.29) is 11.9 Å². The summed E-state index contributed by atoms with van der Waals surface area (Å²) in [7, 11) is 0. The molecule has 1 aliphatic heterocycles. The highest BCUT2D eigenvalue weighted by Crippen LogP contribution is 2.34. The van der Waals surface area contributed by atoms with E-state index in [1.807, 2.05) is 35.8 Å². The van der Waals surface area contributed by atoms with Gasteiger partial charge in [0.05, 0.1) is 11.7 Å². The van der Waals surface area contributed by atoms with E-state index in [1.165, 1.54) is 11.3 Å². The lowest BCUT2D eigenvalue weighted by Crippen LogP contribution is -2.23. The van der Waals surface area contributed by atoms with Crippen LogP contribution >= 0.6 is 38.9 Å². The SMILES string of the molecule is O=C(Nc1nc([C@@H]2CCCN2Cc2ccc(Cl)nc2)cs1)c1ccc(Br)cc1. The molecule has 1 aliphatic rings. The Labute approximate surface area is 180 Å². The molecule has 2 aromatic heterocycles. The molecule has 0 aliphatic carbocycles. The summed E-state index contributed by atoms with van der Waals surface area (Å²) < 4.78 is 0.942. The number of thiazole rings is 1. The first-order chi connectivity index (χ1) is 13.6. The summed E-state index contributed by atoms with van der Waals surface area (Å²) in [5, 5.41) is 6.08. The number of rotatable bonds is 5. The Morgan fingerprint density at radius 2 is 2.11 bits per heavy atom. The number of pyridine rings is 1. The minimum atomic E-state index is -0.149. The number of benzene rings is 1.